The molecule has 39 heavy (non-hydrogen) atoms. The number of benzene rings is 2. The zero-order valence-corrected chi connectivity index (χ0v) is 20.9. The molecule has 12 heteroatoms. The number of ether oxygens (including phenoxy) is 1. The molecule has 4 N–H and O–H groups in total. The van der Waals surface area contributed by atoms with E-state index in [1.54, 1.807) is 0 Å². The fourth-order valence-electron chi connectivity index (χ4n) is 4.39. The molecule has 4 aromatic rings. The number of hydrogen-bond acceptors (Lipinski definition) is 7. The zero-order chi connectivity index (χ0) is 28.4. The Hall–Kier alpha value is -4.00. The number of hydrogen-bond donors (Lipinski definition) is 4. The van der Waals surface area contributed by atoms with Gasteiger partial charge in [-0.3, -0.25) is 4.99 Å². The molecular weight excluding hydrogens is 520 g/mol. The molecule has 2 aromatic carbocycles. The summed E-state index contributed by atoms with van der Waals surface area (Å²) in [6.45, 7) is -0.916. The molecule has 2 heterocycles. The van der Waals surface area contributed by atoms with Crippen LogP contribution in [-0.4, -0.2) is 64.1 Å². The molecule has 0 aliphatic rings. The molecule has 0 radical (unpaired) electrons. The number of fused-ring (bicyclic) bond motifs is 1. The predicted molar refractivity (Wildman–Crippen MR) is 138 cm³/mol. The van der Waals surface area contributed by atoms with E-state index in [9.17, 15) is 32.9 Å². The van der Waals surface area contributed by atoms with Gasteiger partial charge < -0.3 is 29.9 Å². The highest BCUT2D eigenvalue weighted by molar-refractivity contribution is 5.91. The Kier molecular flexibility index (Phi) is 7.91. The highest BCUT2D eigenvalue weighted by Gasteiger charge is 2.57. The predicted octanol–water partition coefficient (Wildman–Crippen LogP) is 4.13. The molecule has 4 rings (SSSR count). The summed E-state index contributed by atoms with van der Waals surface area (Å²) in [6.07, 6.45) is -2.83. The van der Waals surface area contributed by atoms with Gasteiger partial charge in [0.2, 0.25) is 11.5 Å². The topological polar surface area (TPSA) is 112 Å². The number of rotatable bonds is 9. The first-order valence-corrected chi connectivity index (χ1v) is 11.7. The summed E-state index contributed by atoms with van der Waals surface area (Å²) in [4.78, 5) is 7.98. The summed E-state index contributed by atoms with van der Waals surface area (Å²) in [7, 11) is 2.74. The molecule has 0 aliphatic heterocycles. The summed E-state index contributed by atoms with van der Waals surface area (Å²) >= 11 is 0. The number of nitrogens with zero attached hydrogens (tertiary/aromatic N) is 3. The second kappa shape index (κ2) is 11.0. The van der Waals surface area contributed by atoms with Crippen molar-refractivity contribution in [2.45, 2.75) is 24.4 Å². The number of methoxy groups -OCH3 is 1. The van der Waals surface area contributed by atoms with Gasteiger partial charge in [0.25, 0.3) is 0 Å². The van der Waals surface area contributed by atoms with E-state index in [0.29, 0.717) is 11.4 Å². The molecule has 0 fully saturated rings. The van der Waals surface area contributed by atoms with Crippen molar-refractivity contribution >= 4 is 28.5 Å². The van der Waals surface area contributed by atoms with Gasteiger partial charge in [-0.25, -0.2) is 9.37 Å². The van der Waals surface area contributed by atoms with Crippen LogP contribution in [0, 0.1) is 5.82 Å². The minimum Gasteiger partial charge on any atom is -0.479 e. The number of alkyl halides is 3. The minimum atomic E-state index is -5.19. The Balaban J connectivity index is 1.92. The fourth-order valence-corrected chi connectivity index (χ4v) is 4.39. The van der Waals surface area contributed by atoms with Crippen molar-refractivity contribution in [1.82, 2.24) is 9.55 Å². The average molecular weight is 547 g/mol. The first-order chi connectivity index (χ1) is 18.5. The largest absolute Gasteiger partial charge is 0.479 e. The Morgan fingerprint density at radius 1 is 1.15 bits per heavy atom. The van der Waals surface area contributed by atoms with Gasteiger partial charge in [0, 0.05) is 53.5 Å². The lowest BCUT2D eigenvalue weighted by molar-refractivity contribution is -0.247. The highest BCUT2D eigenvalue weighted by Crippen LogP contribution is 2.48. The van der Waals surface area contributed by atoms with E-state index in [1.807, 2.05) is 0 Å². The number of aromatic nitrogens is 2. The third kappa shape index (κ3) is 5.31. The molecule has 2 unspecified atom stereocenters. The van der Waals surface area contributed by atoms with Crippen molar-refractivity contribution in [3.05, 3.63) is 83.4 Å². The average Bonchev–Trinajstić information content (AvgIpc) is 3.28. The molecule has 0 saturated heterocycles. The Morgan fingerprint density at radius 3 is 2.49 bits per heavy atom. The molecule has 206 valence electrons. The molecule has 2 aromatic heterocycles. The number of aliphatic hydroxyl groups excluding tert-OH is 2. The van der Waals surface area contributed by atoms with E-state index < -0.39 is 41.4 Å². The molecular formula is C27H26F4N4O4. The number of pyridine rings is 1. The summed E-state index contributed by atoms with van der Waals surface area (Å²) in [6, 6.07) is 10.4. The second-order valence-corrected chi connectivity index (χ2v) is 8.78. The maximum absolute atomic E-state index is 14.8. The monoisotopic (exact) mass is 546 g/mol. The van der Waals surface area contributed by atoms with E-state index >= 15 is 0 Å². The van der Waals surface area contributed by atoms with Crippen LogP contribution in [0.4, 0.5) is 28.9 Å². The Morgan fingerprint density at radius 2 is 1.87 bits per heavy atom. The van der Waals surface area contributed by atoms with E-state index in [4.69, 9.17) is 4.74 Å². The van der Waals surface area contributed by atoms with Crippen LogP contribution < -0.4 is 10.1 Å². The van der Waals surface area contributed by atoms with Gasteiger partial charge in [-0.1, -0.05) is 6.07 Å². The maximum atomic E-state index is 14.8. The quantitative estimate of drug-likeness (QED) is 0.186. The van der Waals surface area contributed by atoms with Gasteiger partial charge in [0.1, 0.15) is 11.3 Å². The summed E-state index contributed by atoms with van der Waals surface area (Å²) in [5, 5.41) is 33.9. The molecule has 0 amide bonds. The van der Waals surface area contributed by atoms with E-state index in [0.717, 1.165) is 18.3 Å². The Labute approximate surface area is 220 Å². The molecule has 0 bridgehead atoms. The lowest BCUT2D eigenvalue weighted by atomic mass is 9.84. The van der Waals surface area contributed by atoms with Crippen molar-refractivity contribution in [1.29, 1.82) is 0 Å². The summed E-state index contributed by atoms with van der Waals surface area (Å²) < 4.78 is 64.3. The highest BCUT2D eigenvalue weighted by atomic mass is 19.4. The number of aliphatic hydroxyl groups is 3. The normalized spacial score (nSPS) is 14.5. The van der Waals surface area contributed by atoms with Crippen molar-refractivity contribution in [3.63, 3.8) is 0 Å². The Bertz CT molecular complexity index is 1490. The van der Waals surface area contributed by atoms with Crippen LogP contribution in [0.5, 0.6) is 5.88 Å². The van der Waals surface area contributed by atoms with Crippen LogP contribution in [0.15, 0.2) is 65.9 Å². The number of aliphatic imine (C=N–C) groups is 1. The van der Waals surface area contributed by atoms with Gasteiger partial charge in [0.05, 0.1) is 26.4 Å². The summed E-state index contributed by atoms with van der Waals surface area (Å²) in [5.41, 5.74) is -3.30. The van der Waals surface area contributed by atoms with Crippen LogP contribution in [0.3, 0.4) is 0 Å². The van der Waals surface area contributed by atoms with E-state index in [2.05, 4.69) is 15.3 Å². The van der Waals surface area contributed by atoms with Crippen LogP contribution in [0.25, 0.3) is 10.9 Å². The third-order valence-corrected chi connectivity index (χ3v) is 6.23. The SMILES string of the molecule is C/N=C\c1cc(C(O)(c2cn(CC(O)CO)c3c(OC)nccc23)C(F)(F)F)ccc1Nc1ccc(F)cc1. The lowest BCUT2D eigenvalue weighted by Crippen LogP contribution is -2.43. The molecule has 2 atom stereocenters. The van der Waals surface area contributed by atoms with Crippen molar-refractivity contribution in [2.75, 3.05) is 26.1 Å². The van der Waals surface area contributed by atoms with Crippen molar-refractivity contribution in [2.24, 2.45) is 4.99 Å². The van der Waals surface area contributed by atoms with Crippen LogP contribution in [0.2, 0.25) is 0 Å². The van der Waals surface area contributed by atoms with Gasteiger partial charge in [-0.05, 0) is 48.0 Å². The van der Waals surface area contributed by atoms with Gasteiger partial charge in [-0.2, -0.15) is 13.2 Å². The van der Waals surface area contributed by atoms with Crippen LogP contribution in [-0.2, 0) is 12.1 Å². The third-order valence-electron chi connectivity index (χ3n) is 6.23. The molecule has 0 spiro atoms. The van der Waals surface area contributed by atoms with Crippen LogP contribution >= 0.6 is 0 Å². The molecule has 0 saturated carbocycles. The zero-order valence-electron chi connectivity index (χ0n) is 20.9. The number of anilines is 2. The first kappa shape index (κ1) is 28.0. The molecule has 8 nitrogen and oxygen atoms in total. The van der Waals surface area contributed by atoms with Gasteiger partial charge >= 0.3 is 6.18 Å². The van der Waals surface area contributed by atoms with Crippen molar-refractivity contribution < 1.29 is 37.6 Å². The van der Waals surface area contributed by atoms with Crippen LogP contribution in [0.1, 0.15) is 16.7 Å². The second-order valence-electron chi connectivity index (χ2n) is 8.78. The maximum Gasteiger partial charge on any atom is 0.425 e. The fraction of sp³-hybridized carbons (Fsp3) is 0.259. The first-order valence-electron chi connectivity index (χ1n) is 11.7. The van der Waals surface area contributed by atoms with E-state index in [-0.39, 0.29) is 28.9 Å². The summed E-state index contributed by atoms with van der Waals surface area (Å²) in [5.74, 6) is -0.468. The lowest BCUT2D eigenvalue weighted by Gasteiger charge is -2.31. The van der Waals surface area contributed by atoms with Gasteiger partial charge in [-0.15, -0.1) is 0 Å². The number of halogens is 4. The number of nitrogens with one attached hydrogen (secondary N) is 1. The van der Waals surface area contributed by atoms with Crippen molar-refractivity contribution in [3.8, 4) is 5.88 Å². The van der Waals surface area contributed by atoms with Gasteiger partial charge in [0.15, 0.2) is 0 Å². The van der Waals surface area contributed by atoms with E-state index in [1.165, 1.54) is 67.5 Å². The standard InChI is InChI=1S/C27H26F4N4O4/c1-32-12-16-11-17(3-8-23(16)34-19-6-4-18(28)5-7-19)26(38,27(29,30)31)22-14-35(13-20(37)15-36)24-21(22)9-10-33-25(24)39-2/h3-12,14,20,34,36-38H,13,15H2,1-2H3/b32-12-. The molecule has 0 aliphatic carbocycles. The smallest absolute Gasteiger partial charge is 0.425 e. The minimum absolute atomic E-state index is 0.00830.